The molecule has 4 nitrogen and oxygen atoms in total. The van der Waals surface area contributed by atoms with Gasteiger partial charge in [-0.3, -0.25) is 9.59 Å². The normalized spacial score (nSPS) is 14.8. The van der Waals surface area contributed by atoms with Gasteiger partial charge in [0.15, 0.2) is 5.78 Å². The van der Waals surface area contributed by atoms with Gasteiger partial charge in [0.2, 0.25) is 0 Å². The van der Waals surface area contributed by atoms with E-state index in [-0.39, 0.29) is 17.9 Å². The van der Waals surface area contributed by atoms with E-state index < -0.39 is 0 Å². The van der Waals surface area contributed by atoms with Crippen molar-refractivity contribution >= 4 is 5.78 Å². The first-order chi connectivity index (χ1) is 8.24. The smallest absolute Gasteiger partial charge is 0.250 e. The average molecular weight is 235 g/mol. The Hall–Kier alpha value is -1.42. The molecule has 2 rings (SSSR count). The summed E-state index contributed by atoms with van der Waals surface area (Å²) in [5, 5.41) is 8.75. The Balaban J connectivity index is 2.33. The fraction of sp³-hybridized carbons (Fsp3) is 0.538. The lowest BCUT2D eigenvalue weighted by Gasteiger charge is -2.19. The molecule has 0 fully saturated rings. The fourth-order valence-corrected chi connectivity index (χ4v) is 2.32. The molecule has 0 spiro atoms. The van der Waals surface area contributed by atoms with E-state index in [4.69, 9.17) is 5.11 Å². The summed E-state index contributed by atoms with van der Waals surface area (Å²) in [5.41, 5.74) is 1.54. The Morgan fingerprint density at radius 3 is 2.76 bits per heavy atom. The van der Waals surface area contributed by atoms with Crippen LogP contribution in [0.5, 0.6) is 0 Å². The first-order valence-electron chi connectivity index (χ1n) is 6.11. The maximum atomic E-state index is 11.8. The SMILES string of the molecule is O=C1CCCc2c1ccc(=O)n2CCCCO. The molecule has 0 saturated heterocycles. The van der Waals surface area contributed by atoms with Gasteiger partial charge in [-0.05, 0) is 31.7 Å². The van der Waals surface area contributed by atoms with Crippen LogP contribution in [0.1, 0.15) is 41.7 Å². The molecule has 1 heterocycles. The summed E-state index contributed by atoms with van der Waals surface area (Å²) in [5.74, 6) is 0.141. The van der Waals surface area contributed by atoms with Gasteiger partial charge in [-0.25, -0.2) is 0 Å². The van der Waals surface area contributed by atoms with Crippen LogP contribution in [0.15, 0.2) is 16.9 Å². The highest BCUT2D eigenvalue weighted by Gasteiger charge is 2.20. The quantitative estimate of drug-likeness (QED) is 0.796. The lowest BCUT2D eigenvalue weighted by atomic mass is 9.94. The number of ketones is 1. The minimum absolute atomic E-state index is 0.0450. The standard InChI is InChI=1S/C13H17NO3/c15-9-2-1-8-14-11-4-3-5-12(16)10(11)6-7-13(14)17/h6-7,15H,1-5,8-9H2. The van der Waals surface area contributed by atoms with Crippen molar-refractivity contribution in [2.45, 2.75) is 38.6 Å². The third-order valence-electron chi connectivity index (χ3n) is 3.20. The van der Waals surface area contributed by atoms with Crippen molar-refractivity contribution < 1.29 is 9.90 Å². The molecule has 0 saturated carbocycles. The molecule has 1 aromatic rings. The molecule has 1 aliphatic rings. The molecule has 0 aliphatic heterocycles. The molecule has 0 bridgehead atoms. The molecule has 4 heteroatoms. The number of rotatable bonds is 4. The Bertz CT molecular complexity index is 476. The van der Waals surface area contributed by atoms with Gasteiger partial charge in [-0.15, -0.1) is 0 Å². The van der Waals surface area contributed by atoms with E-state index in [1.54, 1.807) is 10.6 Å². The number of aliphatic hydroxyl groups is 1. The van der Waals surface area contributed by atoms with Gasteiger partial charge in [0, 0.05) is 36.9 Å². The molecule has 0 atom stereocenters. The molecular formula is C13H17NO3. The highest BCUT2D eigenvalue weighted by atomic mass is 16.3. The van der Waals surface area contributed by atoms with E-state index in [0.29, 0.717) is 24.9 Å². The maximum absolute atomic E-state index is 11.8. The van der Waals surface area contributed by atoms with Crippen LogP contribution in [0.2, 0.25) is 0 Å². The zero-order valence-electron chi connectivity index (χ0n) is 9.82. The molecule has 0 amide bonds. The van der Waals surface area contributed by atoms with Crippen molar-refractivity contribution in [3.63, 3.8) is 0 Å². The van der Waals surface area contributed by atoms with Crippen LogP contribution in [0, 0.1) is 0 Å². The van der Waals surface area contributed by atoms with Crippen LogP contribution in [-0.2, 0) is 13.0 Å². The van der Waals surface area contributed by atoms with Gasteiger partial charge in [0.1, 0.15) is 0 Å². The zero-order chi connectivity index (χ0) is 12.3. The summed E-state index contributed by atoms with van der Waals surface area (Å²) in [7, 11) is 0. The summed E-state index contributed by atoms with van der Waals surface area (Å²) in [6, 6.07) is 3.13. The van der Waals surface area contributed by atoms with Gasteiger partial charge in [-0.2, -0.15) is 0 Å². The van der Waals surface area contributed by atoms with Gasteiger partial charge in [-0.1, -0.05) is 0 Å². The summed E-state index contributed by atoms with van der Waals surface area (Å²) in [6.45, 7) is 0.735. The van der Waals surface area contributed by atoms with Crippen LogP contribution >= 0.6 is 0 Å². The fourth-order valence-electron chi connectivity index (χ4n) is 2.32. The number of Topliss-reactive ketones (excluding diaryl/α,β-unsaturated/α-hetero) is 1. The molecule has 17 heavy (non-hydrogen) atoms. The van der Waals surface area contributed by atoms with Gasteiger partial charge >= 0.3 is 0 Å². The third kappa shape index (κ3) is 2.47. The Labute approximate surface area is 99.9 Å². The van der Waals surface area contributed by atoms with Gasteiger partial charge in [0.25, 0.3) is 5.56 Å². The number of nitrogens with zero attached hydrogens (tertiary/aromatic N) is 1. The number of unbranched alkanes of at least 4 members (excludes halogenated alkanes) is 1. The second-order valence-corrected chi connectivity index (χ2v) is 4.39. The summed E-state index contributed by atoms with van der Waals surface area (Å²) < 4.78 is 1.70. The molecule has 1 aromatic heterocycles. The predicted octanol–water partition coefficient (Wildman–Crippen LogP) is 1.14. The summed E-state index contributed by atoms with van der Waals surface area (Å²) in [4.78, 5) is 23.5. The van der Waals surface area contributed by atoms with Gasteiger partial charge in [0.05, 0.1) is 0 Å². The topological polar surface area (TPSA) is 59.3 Å². The van der Waals surface area contributed by atoms with Crippen LogP contribution in [0.25, 0.3) is 0 Å². The molecular weight excluding hydrogens is 218 g/mol. The molecule has 0 aromatic carbocycles. The molecule has 0 radical (unpaired) electrons. The van der Waals surface area contributed by atoms with Crippen LogP contribution in [-0.4, -0.2) is 22.1 Å². The van der Waals surface area contributed by atoms with Crippen LogP contribution < -0.4 is 5.56 Å². The summed E-state index contributed by atoms with van der Waals surface area (Å²) >= 11 is 0. The number of fused-ring (bicyclic) bond motifs is 1. The van der Waals surface area contributed by atoms with Crippen LogP contribution in [0.4, 0.5) is 0 Å². The Kier molecular flexibility index (Phi) is 3.74. The Morgan fingerprint density at radius 1 is 1.18 bits per heavy atom. The van der Waals surface area contributed by atoms with Gasteiger partial charge < -0.3 is 9.67 Å². The summed E-state index contributed by atoms with van der Waals surface area (Å²) in [6.07, 6.45) is 3.67. The number of aromatic nitrogens is 1. The lowest BCUT2D eigenvalue weighted by Crippen LogP contribution is -2.28. The molecule has 0 unspecified atom stereocenters. The first-order valence-corrected chi connectivity index (χ1v) is 6.11. The van der Waals surface area contributed by atoms with E-state index in [1.165, 1.54) is 6.07 Å². The average Bonchev–Trinajstić information content (AvgIpc) is 2.32. The van der Waals surface area contributed by atoms with Crippen LogP contribution in [0.3, 0.4) is 0 Å². The second-order valence-electron chi connectivity index (χ2n) is 4.39. The molecule has 92 valence electrons. The predicted molar refractivity (Wildman–Crippen MR) is 64.3 cm³/mol. The largest absolute Gasteiger partial charge is 0.396 e. The maximum Gasteiger partial charge on any atom is 0.250 e. The highest BCUT2D eigenvalue weighted by molar-refractivity contribution is 5.97. The minimum atomic E-state index is -0.0450. The number of hydrogen-bond acceptors (Lipinski definition) is 3. The number of pyridine rings is 1. The van der Waals surface area contributed by atoms with Crippen molar-refractivity contribution in [2.75, 3.05) is 6.61 Å². The van der Waals surface area contributed by atoms with E-state index in [1.807, 2.05) is 0 Å². The van der Waals surface area contributed by atoms with Crippen molar-refractivity contribution in [1.82, 2.24) is 4.57 Å². The highest BCUT2D eigenvalue weighted by Crippen LogP contribution is 2.19. The molecule has 1 aliphatic carbocycles. The monoisotopic (exact) mass is 235 g/mol. The zero-order valence-corrected chi connectivity index (χ0v) is 9.82. The van der Waals surface area contributed by atoms with E-state index in [0.717, 1.165) is 25.0 Å². The van der Waals surface area contributed by atoms with Crippen molar-refractivity contribution in [1.29, 1.82) is 0 Å². The first kappa shape index (κ1) is 12.0. The second kappa shape index (κ2) is 5.27. The minimum Gasteiger partial charge on any atom is -0.396 e. The third-order valence-corrected chi connectivity index (χ3v) is 3.20. The van der Waals surface area contributed by atoms with Crippen molar-refractivity contribution in [3.05, 3.63) is 33.7 Å². The lowest BCUT2D eigenvalue weighted by molar-refractivity contribution is 0.0970. The van der Waals surface area contributed by atoms with Crippen molar-refractivity contribution in [2.24, 2.45) is 0 Å². The number of carbonyl (C=O) groups is 1. The van der Waals surface area contributed by atoms with E-state index in [9.17, 15) is 9.59 Å². The molecule has 1 N–H and O–H groups in total. The number of hydrogen-bond donors (Lipinski definition) is 1. The van der Waals surface area contributed by atoms with E-state index in [2.05, 4.69) is 0 Å². The van der Waals surface area contributed by atoms with E-state index >= 15 is 0 Å². The Morgan fingerprint density at radius 2 is 2.00 bits per heavy atom. The number of aliphatic hydroxyl groups excluding tert-OH is 1. The number of carbonyl (C=O) groups excluding carboxylic acids is 1. The van der Waals surface area contributed by atoms with Crippen molar-refractivity contribution in [3.8, 4) is 0 Å².